The maximum Gasteiger partial charge on any atom is 0.295 e. The SMILES string of the molecule is COc1ccc(/C(C)=N\NC(=O)C[NH+]2CCOCC2)cc1Br. The highest BCUT2D eigenvalue weighted by atomic mass is 79.9. The number of ether oxygens (including phenoxy) is 2. The average molecular weight is 371 g/mol. The van der Waals surface area contributed by atoms with Gasteiger partial charge in [-0.2, -0.15) is 5.10 Å². The van der Waals surface area contributed by atoms with Crippen LogP contribution >= 0.6 is 15.9 Å². The number of amides is 1. The smallest absolute Gasteiger partial charge is 0.295 e. The number of hydrogen-bond acceptors (Lipinski definition) is 4. The van der Waals surface area contributed by atoms with Crippen molar-refractivity contribution in [3.8, 4) is 5.75 Å². The molecular weight excluding hydrogens is 350 g/mol. The average Bonchev–Trinajstić information content (AvgIpc) is 2.53. The minimum atomic E-state index is -0.0798. The number of nitrogens with zero attached hydrogens (tertiary/aromatic N) is 1. The third-order valence-corrected chi connectivity index (χ3v) is 4.15. The van der Waals surface area contributed by atoms with Gasteiger partial charge in [0.15, 0.2) is 6.54 Å². The van der Waals surface area contributed by atoms with Gasteiger partial charge in [-0.05, 0) is 46.6 Å². The van der Waals surface area contributed by atoms with Crippen LogP contribution in [-0.4, -0.2) is 51.6 Å². The Balaban J connectivity index is 1.91. The maximum absolute atomic E-state index is 11.9. The van der Waals surface area contributed by atoms with Gasteiger partial charge >= 0.3 is 0 Å². The number of hydrazone groups is 1. The second-order valence-electron chi connectivity index (χ2n) is 5.12. The van der Waals surface area contributed by atoms with E-state index in [4.69, 9.17) is 9.47 Å². The van der Waals surface area contributed by atoms with Crippen molar-refractivity contribution in [1.29, 1.82) is 0 Å². The molecule has 0 aromatic heterocycles. The Morgan fingerprint density at radius 2 is 2.18 bits per heavy atom. The van der Waals surface area contributed by atoms with Gasteiger partial charge < -0.3 is 14.4 Å². The molecule has 2 N–H and O–H groups in total. The van der Waals surface area contributed by atoms with E-state index in [1.807, 2.05) is 25.1 Å². The van der Waals surface area contributed by atoms with E-state index >= 15 is 0 Å². The quantitative estimate of drug-likeness (QED) is 0.575. The topological polar surface area (TPSA) is 64.4 Å². The number of quaternary nitrogens is 1. The van der Waals surface area contributed by atoms with Crippen molar-refractivity contribution in [2.75, 3.05) is 40.0 Å². The van der Waals surface area contributed by atoms with E-state index in [9.17, 15) is 4.79 Å². The lowest BCUT2D eigenvalue weighted by Crippen LogP contribution is -3.15. The molecule has 1 amide bonds. The molecule has 1 aromatic carbocycles. The summed E-state index contributed by atoms with van der Waals surface area (Å²) in [4.78, 5) is 13.1. The number of benzene rings is 1. The van der Waals surface area contributed by atoms with Gasteiger partial charge in [0, 0.05) is 0 Å². The van der Waals surface area contributed by atoms with Gasteiger partial charge in [0.25, 0.3) is 5.91 Å². The molecule has 1 aromatic rings. The van der Waals surface area contributed by atoms with Crippen molar-refractivity contribution in [1.82, 2.24) is 5.43 Å². The van der Waals surface area contributed by atoms with Gasteiger partial charge in [-0.3, -0.25) is 4.79 Å². The molecule has 1 aliphatic rings. The van der Waals surface area contributed by atoms with E-state index in [2.05, 4.69) is 26.5 Å². The van der Waals surface area contributed by atoms with Crippen LogP contribution in [-0.2, 0) is 9.53 Å². The van der Waals surface area contributed by atoms with Crippen LogP contribution in [0.25, 0.3) is 0 Å². The molecular formula is C15H21BrN3O3+. The number of rotatable bonds is 5. The zero-order valence-electron chi connectivity index (χ0n) is 12.8. The molecule has 0 spiro atoms. The van der Waals surface area contributed by atoms with Crippen molar-refractivity contribution in [2.45, 2.75) is 6.92 Å². The van der Waals surface area contributed by atoms with Crippen LogP contribution < -0.4 is 15.1 Å². The van der Waals surface area contributed by atoms with Gasteiger partial charge in [-0.25, -0.2) is 5.43 Å². The lowest BCUT2D eigenvalue weighted by atomic mass is 10.1. The van der Waals surface area contributed by atoms with Gasteiger partial charge in [0.05, 0.1) is 30.5 Å². The van der Waals surface area contributed by atoms with E-state index in [1.54, 1.807) is 7.11 Å². The highest BCUT2D eigenvalue weighted by Gasteiger charge is 2.17. The first-order valence-electron chi connectivity index (χ1n) is 7.18. The van der Waals surface area contributed by atoms with Crippen molar-refractivity contribution in [3.05, 3.63) is 28.2 Å². The first kappa shape index (κ1) is 16.9. The Morgan fingerprint density at radius 1 is 1.45 bits per heavy atom. The van der Waals surface area contributed by atoms with E-state index in [-0.39, 0.29) is 5.91 Å². The number of halogens is 1. The molecule has 0 aliphatic carbocycles. The molecule has 0 saturated carbocycles. The summed E-state index contributed by atoms with van der Waals surface area (Å²) in [5.41, 5.74) is 4.28. The maximum atomic E-state index is 11.9. The predicted molar refractivity (Wildman–Crippen MR) is 87.4 cm³/mol. The third kappa shape index (κ3) is 4.79. The summed E-state index contributed by atoms with van der Waals surface area (Å²) in [6.45, 7) is 5.43. The van der Waals surface area contributed by atoms with Crippen molar-refractivity contribution in [2.24, 2.45) is 5.10 Å². The fourth-order valence-corrected chi connectivity index (χ4v) is 2.75. The number of hydrogen-bond donors (Lipinski definition) is 2. The van der Waals surface area contributed by atoms with Gasteiger partial charge in [-0.15, -0.1) is 0 Å². The minimum Gasteiger partial charge on any atom is -0.496 e. The van der Waals surface area contributed by atoms with Crippen LogP contribution in [0.3, 0.4) is 0 Å². The van der Waals surface area contributed by atoms with Crippen molar-refractivity contribution in [3.63, 3.8) is 0 Å². The summed E-state index contributed by atoms with van der Waals surface area (Å²) in [6.07, 6.45) is 0. The summed E-state index contributed by atoms with van der Waals surface area (Å²) < 4.78 is 11.3. The van der Waals surface area contributed by atoms with E-state index in [0.717, 1.165) is 34.6 Å². The summed E-state index contributed by atoms with van der Waals surface area (Å²) in [6, 6.07) is 5.68. The molecule has 2 rings (SSSR count). The Kier molecular flexibility index (Phi) is 6.35. The predicted octanol–water partition coefficient (Wildman–Crippen LogP) is 0.213. The number of methoxy groups -OCH3 is 1. The fraction of sp³-hybridized carbons (Fsp3) is 0.467. The summed E-state index contributed by atoms with van der Waals surface area (Å²) in [5.74, 6) is 0.681. The minimum absolute atomic E-state index is 0.0798. The van der Waals surface area contributed by atoms with Gasteiger partial charge in [0.1, 0.15) is 18.8 Å². The van der Waals surface area contributed by atoms with Gasteiger partial charge in [-0.1, -0.05) is 0 Å². The summed E-state index contributed by atoms with van der Waals surface area (Å²) in [7, 11) is 1.62. The molecule has 7 heteroatoms. The molecule has 0 radical (unpaired) electrons. The first-order chi connectivity index (χ1) is 10.6. The monoisotopic (exact) mass is 370 g/mol. The zero-order valence-corrected chi connectivity index (χ0v) is 14.4. The van der Waals surface area contributed by atoms with E-state index in [1.165, 1.54) is 4.90 Å². The molecule has 1 saturated heterocycles. The Labute approximate surface area is 138 Å². The molecule has 120 valence electrons. The standard InChI is InChI=1S/C15H20BrN3O3/c1-11(12-3-4-14(21-2)13(16)9-12)17-18-15(20)10-19-5-7-22-8-6-19/h3-4,9H,5-8,10H2,1-2H3,(H,18,20)/p+1/b17-11-. The largest absolute Gasteiger partial charge is 0.496 e. The van der Waals surface area contributed by atoms with Crippen LogP contribution in [0.15, 0.2) is 27.8 Å². The number of morpholine rings is 1. The zero-order chi connectivity index (χ0) is 15.9. The van der Waals surface area contributed by atoms with Crippen LogP contribution in [0, 0.1) is 0 Å². The van der Waals surface area contributed by atoms with Crippen LogP contribution in [0.2, 0.25) is 0 Å². The lowest BCUT2D eigenvalue weighted by Gasteiger charge is -2.22. The normalized spacial score (nSPS) is 16.4. The molecule has 0 unspecified atom stereocenters. The fourth-order valence-electron chi connectivity index (χ4n) is 2.21. The van der Waals surface area contributed by atoms with Crippen LogP contribution in [0.1, 0.15) is 12.5 Å². The van der Waals surface area contributed by atoms with Crippen LogP contribution in [0.4, 0.5) is 0 Å². The number of carbonyl (C=O) groups excluding carboxylic acids is 1. The third-order valence-electron chi connectivity index (χ3n) is 3.53. The van der Waals surface area contributed by atoms with Crippen molar-refractivity contribution >= 4 is 27.5 Å². The molecule has 1 fully saturated rings. The molecule has 1 aliphatic heterocycles. The molecule has 0 atom stereocenters. The van der Waals surface area contributed by atoms with E-state index in [0.29, 0.717) is 19.8 Å². The number of nitrogens with one attached hydrogen (secondary N) is 2. The molecule has 1 heterocycles. The Morgan fingerprint density at radius 3 is 2.82 bits per heavy atom. The second kappa shape index (κ2) is 8.26. The molecule has 22 heavy (non-hydrogen) atoms. The highest BCUT2D eigenvalue weighted by molar-refractivity contribution is 9.10. The second-order valence-corrected chi connectivity index (χ2v) is 5.98. The first-order valence-corrected chi connectivity index (χ1v) is 7.98. The lowest BCUT2D eigenvalue weighted by molar-refractivity contribution is -0.900. The Hall–Kier alpha value is -1.44. The van der Waals surface area contributed by atoms with E-state index < -0.39 is 0 Å². The summed E-state index contributed by atoms with van der Waals surface area (Å²) in [5, 5.41) is 4.17. The Bertz CT molecular complexity index is 557. The van der Waals surface area contributed by atoms with Crippen LogP contribution in [0.5, 0.6) is 5.75 Å². The summed E-state index contributed by atoms with van der Waals surface area (Å²) >= 11 is 3.44. The molecule has 0 bridgehead atoms. The number of carbonyl (C=O) groups is 1. The van der Waals surface area contributed by atoms with Crippen molar-refractivity contribution < 1.29 is 19.2 Å². The molecule has 6 nitrogen and oxygen atoms in total. The highest BCUT2D eigenvalue weighted by Crippen LogP contribution is 2.25. The van der Waals surface area contributed by atoms with Gasteiger partial charge in [0.2, 0.25) is 0 Å².